The Balaban J connectivity index is 1.20. The summed E-state index contributed by atoms with van der Waals surface area (Å²) in [6.45, 7) is 8.91. The average Bonchev–Trinajstić information content (AvgIpc) is 3.94. The number of aromatic nitrogens is 4. The van der Waals surface area contributed by atoms with E-state index in [-0.39, 0.29) is 80.1 Å². The van der Waals surface area contributed by atoms with Gasteiger partial charge in [-0.15, -0.1) is 0 Å². The zero-order valence-electron chi connectivity index (χ0n) is 32.4. The van der Waals surface area contributed by atoms with E-state index in [2.05, 4.69) is 31.0 Å². The maximum absolute atomic E-state index is 13.1. The Morgan fingerprint density at radius 1 is 1.10 bits per heavy atom. The minimum absolute atomic E-state index is 0.00117. The van der Waals surface area contributed by atoms with E-state index >= 15 is 0 Å². The number of nitro groups is 1. The molecule has 0 bridgehead atoms. The molecule has 1 N–H and O–H groups in total. The van der Waals surface area contributed by atoms with Gasteiger partial charge in [-0.1, -0.05) is 18.2 Å². The van der Waals surface area contributed by atoms with Gasteiger partial charge in [0.15, 0.2) is 35.1 Å². The van der Waals surface area contributed by atoms with Gasteiger partial charge in [-0.25, -0.2) is 24.4 Å². The second-order valence-electron chi connectivity index (χ2n) is 13.6. The number of hydrogen-bond acceptors (Lipinski definition) is 17. The fraction of sp³-hybridized carbons (Fsp3) is 0.459. The first-order valence-electron chi connectivity index (χ1n) is 18.4. The number of imidazole rings is 1. The minimum Gasteiger partial charge on any atom is -0.484 e. The van der Waals surface area contributed by atoms with Crippen LogP contribution in [-0.2, 0) is 28.1 Å². The van der Waals surface area contributed by atoms with E-state index in [0.717, 1.165) is 0 Å². The fourth-order valence-electron chi connectivity index (χ4n) is 6.35. The smallest absolute Gasteiger partial charge is 0.484 e. The number of ether oxygens (including phenoxy) is 6. The lowest BCUT2D eigenvalue weighted by Gasteiger charge is -2.37. The number of hydrogen-bond donors (Lipinski definition) is 1. The zero-order valence-corrected chi connectivity index (χ0v) is 33.3. The maximum Gasteiger partial charge on any atom is 0.508 e. The van der Waals surface area contributed by atoms with Crippen molar-refractivity contribution >= 4 is 43.3 Å². The Morgan fingerprint density at radius 2 is 1.84 bits per heavy atom. The van der Waals surface area contributed by atoms with Crippen LogP contribution in [0.25, 0.3) is 11.2 Å². The average molecular weight is 823 g/mol. The van der Waals surface area contributed by atoms with Crippen molar-refractivity contribution in [1.29, 1.82) is 5.26 Å². The second-order valence-corrected chi connectivity index (χ2v) is 15.0. The predicted octanol–water partition coefficient (Wildman–Crippen LogP) is 6.34. The fourth-order valence-corrected chi connectivity index (χ4v) is 8.11. The number of nitrogens with one attached hydrogen (secondary N) is 1. The van der Waals surface area contributed by atoms with Crippen LogP contribution >= 0.6 is 8.53 Å². The van der Waals surface area contributed by atoms with Crippen LogP contribution < -0.4 is 19.5 Å². The van der Waals surface area contributed by atoms with E-state index in [9.17, 15) is 25.0 Å². The van der Waals surface area contributed by atoms with E-state index in [1.54, 1.807) is 28.8 Å². The van der Waals surface area contributed by atoms with Crippen LogP contribution in [-0.4, -0.2) is 92.1 Å². The van der Waals surface area contributed by atoms with E-state index in [4.69, 9.17) is 37.5 Å². The standard InChI is InChI=1S/C37H43N8O12P/c1-22(2)44(23(3)4)58(54-13-9-12-38)57-30-16-33(43-20-41-34-35(39-19-40-36(34)43)42-32(46)18-50-25-10-7-6-8-11-25)56-31(30)17-51-37(47)55-24(5)26-14-28-29(53-21-52-28)15-27(26)45(48)49/h6-8,10-11,14-15,19-20,22-24,30-31,33H,9,13,16-18,21H2,1-5H3,(H,39,40,42,46)/t24?,30-,31+,33+,58?/m0/s1. The molecule has 6 rings (SSSR count). The molecule has 4 heterocycles. The maximum atomic E-state index is 13.1. The van der Waals surface area contributed by atoms with Crippen LogP contribution in [0.2, 0.25) is 0 Å². The number of fused-ring (bicyclic) bond motifs is 2. The summed E-state index contributed by atoms with van der Waals surface area (Å²) in [5, 5.41) is 23.8. The van der Waals surface area contributed by atoms with Gasteiger partial charge in [0, 0.05) is 18.5 Å². The van der Waals surface area contributed by atoms with Crippen molar-refractivity contribution in [2.45, 2.75) is 84.1 Å². The van der Waals surface area contributed by atoms with E-state index in [1.807, 2.05) is 33.8 Å². The van der Waals surface area contributed by atoms with Crippen molar-refractivity contribution in [2.75, 3.05) is 31.9 Å². The SMILES string of the molecule is CC(OC(=O)OC[C@H]1O[C@@H](n2cnc3c(NC(=O)COc4ccccc4)ncnc32)C[C@@H]1OP(OCCC#N)N(C(C)C)C(C)C)c1cc2c(cc1[N+](=O)[O-])OCO2. The molecule has 1 amide bonds. The molecular formula is C37H43N8O12P. The Hall–Kier alpha value is -5.71. The minimum atomic E-state index is -1.75. The van der Waals surface area contributed by atoms with Crippen molar-refractivity contribution in [3.8, 4) is 23.3 Å². The Morgan fingerprint density at radius 3 is 2.55 bits per heavy atom. The molecular weight excluding hydrogens is 779 g/mol. The second kappa shape index (κ2) is 19.2. The summed E-state index contributed by atoms with van der Waals surface area (Å²) in [7, 11) is -1.75. The Bertz CT molecular complexity index is 2110. The van der Waals surface area contributed by atoms with Crippen molar-refractivity contribution < 1.29 is 52.0 Å². The number of benzene rings is 2. The summed E-state index contributed by atoms with van der Waals surface area (Å²) in [6, 6.07) is 13.6. The molecule has 2 aliphatic rings. The Kier molecular flexibility index (Phi) is 13.8. The van der Waals surface area contributed by atoms with Crippen LogP contribution in [0, 0.1) is 21.4 Å². The van der Waals surface area contributed by atoms with Crippen molar-refractivity contribution in [2.24, 2.45) is 0 Å². The van der Waals surface area contributed by atoms with Gasteiger partial charge >= 0.3 is 6.16 Å². The summed E-state index contributed by atoms with van der Waals surface area (Å²) >= 11 is 0. The molecule has 2 aliphatic heterocycles. The van der Waals surface area contributed by atoms with Gasteiger partial charge in [-0.05, 0) is 52.8 Å². The van der Waals surface area contributed by atoms with E-state index in [1.165, 1.54) is 31.7 Å². The van der Waals surface area contributed by atoms with Gasteiger partial charge < -0.3 is 42.8 Å². The number of anilines is 1. The third-order valence-electron chi connectivity index (χ3n) is 8.90. The summed E-state index contributed by atoms with van der Waals surface area (Å²) in [6.07, 6.45) is -1.44. The predicted molar refractivity (Wildman–Crippen MR) is 205 cm³/mol. The molecule has 21 heteroatoms. The molecule has 2 aromatic carbocycles. The molecule has 1 fully saturated rings. The number of carbonyl (C=O) groups is 2. The number of carbonyl (C=O) groups excluding carboxylic acids is 2. The number of nitriles is 1. The first kappa shape index (κ1) is 41.9. The lowest BCUT2D eigenvalue weighted by molar-refractivity contribution is -0.386. The van der Waals surface area contributed by atoms with E-state index in [0.29, 0.717) is 16.9 Å². The highest BCUT2D eigenvalue weighted by molar-refractivity contribution is 7.44. The first-order chi connectivity index (χ1) is 27.9. The topological polar surface area (TPSA) is 234 Å². The van der Waals surface area contributed by atoms with Crippen molar-refractivity contribution in [3.63, 3.8) is 0 Å². The first-order valence-corrected chi connectivity index (χ1v) is 19.5. The molecule has 0 aliphatic carbocycles. The summed E-state index contributed by atoms with van der Waals surface area (Å²) < 4.78 is 50.2. The van der Waals surface area contributed by atoms with Crippen LogP contribution in [0.15, 0.2) is 55.1 Å². The lowest BCUT2D eigenvalue weighted by atomic mass is 10.1. The summed E-state index contributed by atoms with van der Waals surface area (Å²) in [5.41, 5.74) is 0.403. The van der Waals surface area contributed by atoms with Crippen LogP contribution in [0.4, 0.5) is 16.3 Å². The van der Waals surface area contributed by atoms with Crippen LogP contribution in [0.3, 0.4) is 0 Å². The van der Waals surface area contributed by atoms with Gasteiger partial charge in [0.25, 0.3) is 20.1 Å². The number of amides is 1. The monoisotopic (exact) mass is 822 g/mol. The summed E-state index contributed by atoms with van der Waals surface area (Å²) in [5.74, 6) is 0.725. The number of rotatable bonds is 18. The van der Waals surface area contributed by atoms with Gasteiger partial charge in [-0.3, -0.25) is 19.5 Å². The molecule has 4 aromatic rings. The molecule has 20 nitrogen and oxygen atoms in total. The van der Waals surface area contributed by atoms with Gasteiger partial charge in [0.2, 0.25) is 6.79 Å². The largest absolute Gasteiger partial charge is 0.508 e. The lowest BCUT2D eigenvalue weighted by Crippen LogP contribution is -2.37. The molecule has 0 radical (unpaired) electrons. The number of para-hydroxylation sites is 1. The molecule has 308 valence electrons. The number of nitrogens with zero attached hydrogens (tertiary/aromatic N) is 7. The Labute approximate surface area is 334 Å². The van der Waals surface area contributed by atoms with Gasteiger partial charge in [0.1, 0.15) is 37.1 Å². The quantitative estimate of drug-likeness (QED) is 0.0379. The zero-order chi connectivity index (χ0) is 41.3. The third-order valence-corrected chi connectivity index (χ3v) is 11.1. The van der Waals surface area contributed by atoms with Crippen LogP contribution in [0.1, 0.15) is 65.4 Å². The molecule has 58 heavy (non-hydrogen) atoms. The van der Waals surface area contributed by atoms with Gasteiger partial charge in [-0.2, -0.15) is 5.26 Å². The molecule has 0 spiro atoms. The number of nitro benzene ring substituents is 1. The third kappa shape index (κ3) is 10.0. The van der Waals surface area contributed by atoms with Gasteiger partial charge in [0.05, 0.1) is 48.1 Å². The van der Waals surface area contributed by atoms with Crippen molar-refractivity contribution in [1.82, 2.24) is 24.2 Å². The van der Waals surface area contributed by atoms with E-state index < -0.39 is 50.1 Å². The normalized spacial score (nSPS) is 18.3. The molecule has 0 saturated carbocycles. The molecule has 2 aromatic heterocycles. The molecule has 1 saturated heterocycles. The highest BCUT2D eigenvalue weighted by Crippen LogP contribution is 2.50. The highest BCUT2D eigenvalue weighted by Gasteiger charge is 2.43. The molecule has 2 unspecified atom stereocenters. The van der Waals surface area contributed by atoms with Crippen LogP contribution in [0.5, 0.6) is 17.2 Å². The summed E-state index contributed by atoms with van der Waals surface area (Å²) in [4.78, 5) is 50.3. The van der Waals surface area contributed by atoms with Crippen molar-refractivity contribution in [3.05, 3.63) is 70.8 Å². The molecule has 5 atom stereocenters. The highest BCUT2D eigenvalue weighted by atomic mass is 31.2.